The number of amidine groups is 1. The van der Waals surface area contributed by atoms with Crippen LogP contribution in [0.25, 0.3) is 0 Å². The fourth-order valence-electron chi connectivity index (χ4n) is 3.71. The lowest BCUT2D eigenvalue weighted by Crippen LogP contribution is -2.29. The minimum atomic E-state index is -1.25. The number of amides is 2. The van der Waals surface area contributed by atoms with Gasteiger partial charge in [0.05, 0.1) is 14.2 Å². The Kier molecular flexibility index (Phi) is 7.81. The summed E-state index contributed by atoms with van der Waals surface area (Å²) >= 11 is 0.947. The number of aromatic amines is 2. The minimum Gasteiger partial charge on any atom is -0.497 e. The van der Waals surface area contributed by atoms with Crippen molar-refractivity contribution >= 4 is 34.4 Å². The average molecular weight is 544 g/mol. The molecule has 2 amide bonds. The Morgan fingerprint density at radius 3 is 2.53 bits per heavy atom. The molecule has 1 fully saturated rings. The van der Waals surface area contributed by atoms with E-state index in [9.17, 15) is 28.7 Å². The highest BCUT2D eigenvalue weighted by molar-refractivity contribution is 8.15. The molecule has 2 atom stereocenters. The highest BCUT2D eigenvalue weighted by Crippen LogP contribution is 2.38. The molecule has 2 unspecified atom stereocenters. The van der Waals surface area contributed by atoms with E-state index in [2.05, 4.69) is 25.6 Å². The van der Waals surface area contributed by atoms with Crippen LogP contribution in [-0.4, -0.2) is 51.5 Å². The SMILES string of the molecule is COc1ccc(OC)c(C(N=C2NC(=O)C(CC(=O)Nc3ccc(F)cc3)S2)c2c(O)[nH]c(=O)[nH]c2=O)c1. The molecule has 1 aliphatic heterocycles. The molecule has 1 aliphatic rings. The summed E-state index contributed by atoms with van der Waals surface area (Å²) in [7, 11) is 2.83. The molecule has 1 aromatic heterocycles. The maximum atomic E-state index is 13.1. The minimum absolute atomic E-state index is 0.0643. The zero-order valence-corrected chi connectivity index (χ0v) is 20.8. The molecule has 5 N–H and O–H groups in total. The van der Waals surface area contributed by atoms with Gasteiger partial charge in [-0.05, 0) is 42.5 Å². The summed E-state index contributed by atoms with van der Waals surface area (Å²) in [6, 6.07) is 8.63. The number of anilines is 1. The van der Waals surface area contributed by atoms with Crippen LogP contribution >= 0.6 is 11.8 Å². The standard InChI is InChI=1S/C24H22FN5O7S/c1-36-13-7-8-15(37-2)14(9-13)19(18-21(33)28-23(35)29-22(18)34)27-24-30-20(32)16(38-24)10-17(31)26-12-5-3-11(25)4-6-12/h3-9,16,19H,10H2,1-2H3,(H,26,31)(H,27,30,32)(H3,28,29,33,34,35). The Hall–Kier alpha value is -4.59. The summed E-state index contributed by atoms with van der Waals surface area (Å²) in [5.41, 5.74) is -1.48. The monoisotopic (exact) mass is 543 g/mol. The van der Waals surface area contributed by atoms with Gasteiger partial charge in [-0.3, -0.25) is 24.4 Å². The van der Waals surface area contributed by atoms with Gasteiger partial charge in [0.15, 0.2) is 5.17 Å². The van der Waals surface area contributed by atoms with E-state index in [1.165, 1.54) is 44.6 Å². The number of aliphatic imine (C=N–C) groups is 1. The first-order chi connectivity index (χ1) is 18.2. The molecule has 2 heterocycles. The lowest BCUT2D eigenvalue weighted by molar-refractivity contribution is -0.122. The van der Waals surface area contributed by atoms with Crippen LogP contribution in [0.3, 0.4) is 0 Å². The fourth-order valence-corrected chi connectivity index (χ4v) is 4.71. The van der Waals surface area contributed by atoms with Crippen LogP contribution in [0.15, 0.2) is 57.0 Å². The van der Waals surface area contributed by atoms with Gasteiger partial charge >= 0.3 is 5.69 Å². The number of nitrogens with one attached hydrogen (secondary N) is 4. The fraction of sp³-hybridized carbons (Fsp3) is 0.208. The van der Waals surface area contributed by atoms with E-state index < -0.39 is 46.1 Å². The van der Waals surface area contributed by atoms with Crippen LogP contribution in [0.4, 0.5) is 10.1 Å². The third-order valence-electron chi connectivity index (χ3n) is 5.49. The van der Waals surface area contributed by atoms with Gasteiger partial charge in [0, 0.05) is 17.7 Å². The van der Waals surface area contributed by atoms with Crippen molar-refractivity contribution in [1.82, 2.24) is 15.3 Å². The molecular weight excluding hydrogens is 521 g/mol. The molecule has 0 aliphatic carbocycles. The van der Waals surface area contributed by atoms with E-state index in [4.69, 9.17) is 9.47 Å². The van der Waals surface area contributed by atoms with Crippen molar-refractivity contribution in [3.63, 3.8) is 0 Å². The van der Waals surface area contributed by atoms with E-state index in [0.717, 1.165) is 11.8 Å². The van der Waals surface area contributed by atoms with E-state index in [0.29, 0.717) is 17.0 Å². The second-order valence-corrected chi connectivity index (χ2v) is 9.16. The smallest absolute Gasteiger partial charge is 0.328 e. The number of nitrogens with zero attached hydrogens (tertiary/aromatic N) is 1. The topological polar surface area (TPSA) is 175 Å². The molecule has 3 aromatic rings. The van der Waals surface area contributed by atoms with E-state index in [-0.39, 0.29) is 22.9 Å². The second-order valence-electron chi connectivity index (χ2n) is 7.97. The molecule has 14 heteroatoms. The summed E-state index contributed by atoms with van der Waals surface area (Å²) in [5.74, 6) is -1.48. The molecular formula is C24H22FN5O7S. The number of benzene rings is 2. The van der Waals surface area contributed by atoms with Crippen molar-refractivity contribution in [3.8, 4) is 17.4 Å². The summed E-state index contributed by atoms with van der Waals surface area (Å²) in [4.78, 5) is 58.1. The van der Waals surface area contributed by atoms with Crippen molar-refractivity contribution < 1.29 is 28.6 Å². The van der Waals surface area contributed by atoms with Crippen molar-refractivity contribution in [2.45, 2.75) is 17.7 Å². The first-order valence-corrected chi connectivity index (χ1v) is 11.9. The summed E-state index contributed by atoms with van der Waals surface area (Å²) in [6.45, 7) is 0. The van der Waals surface area contributed by atoms with Crippen molar-refractivity contribution in [3.05, 3.63) is 80.2 Å². The molecule has 1 saturated heterocycles. The van der Waals surface area contributed by atoms with Gasteiger partial charge in [-0.2, -0.15) is 0 Å². The van der Waals surface area contributed by atoms with Gasteiger partial charge in [-0.25, -0.2) is 14.2 Å². The second kappa shape index (κ2) is 11.2. The summed E-state index contributed by atoms with van der Waals surface area (Å²) < 4.78 is 23.8. The Labute approximate surface area is 218 Å². The molecule has 0 spiro atoms. The number of H-pyrrole nitrogens is 2. The lowest BCUT2D eigenvalue weighted by Gasteiger charge is -2.18. The van der Waals surface area contributed by atoms with E-state index >= 15 is 0 Å². The predicted octanol–water partition coefficient (Wildman–Crippen LogP) is 1.63. The number of ether oxygens (including phenoxy) is 2. The van der Waals surface area contributed by atoms with Crippen molar-refractivity contribution in [1.29, 1.82) is 0 Å². The first kappa shape index (κ1) is 26.5. The Morgan fingerprint density at radius 2 is 1.87 bits per heavy atom. The number of carbonyl (C=O) groups excluding carboxylic acids is 2. The average Bonchev–Trinajstić information content (AvgIpc) is 3.21. The number of aromatic hydroxyl groups is 1. The lowest BCUT2D eigenvalue weighted by atomic mass is 9.99. The molecule has 38 heavy (non-hydrogen) atoms. The number of aromatic nitrogens is 2. The molecule has 198 valence electrons. The van der Waals surface area contributed by atoms with Crippen LogP contribution in [0.1, 0.15) is 23.6 Å². The molecule has 0 bridgehead atoms. The van der Waals surface area contributed by atoms with E-state index in [1.807, 2.05) is 0 Å². The third-order valence-corrected chi connectivity index (χ3v) is 6.58. The van der Waals surface area contributed by atoms with Gasteiger partial charge in [0.2, 0.25) is 17.7 Å². The zero-order chi connectivity index (χ0) is 27.4. The number of halogens is 1. The largest absolute Gasteiger partial charge is 0.497 e. The summed E-state index contributed by atoms with van der Waals surface area (Å²) in [6.07, 6.45) is -0.218. The van der Waals surface area contributed by atoms with Crippen molar-refractivity contribution in [2.75, 3.05) is 19.5 Å². The molecule has 0 radical (unpaired) electrons. The van der Waals surface area contributed by atoms with Crippen molar-refractivity contribution in [2.24, 2.45) is 4.99 Å². The number of methoxy groups -OCH3 is 2. The van der Waals surface area contributed by atoms with Gasteiger partial charge in [0.1, 0.15) is 34.2 Å². The quantitative estimate of drug-likeness (QED) is 0.285. The Balaban J connectivity index is 1.66. The Bertz CT molecular complexity index is 1520. The maximum absolute atomic E-state index is 13.1. The number of hydrogen-bond acceptors (Lipinski definition) is 9. The van der Waals surface area contributed by atoms with Crippen LogP contribution in [0, 0.1) is 5.82 Å². The van der Waals surface area contributed by atoms with Crippen LogP contribution in [0.5, 0.6) is 17.4 Å². The highest BCUT2D eigenvalue weighted by Gasteiger charge is 2.34. The molecule has 2 aromatic carbocycles. The van der Waals surface area contributed by atoms with E-state index in [1.54, 1.807) is 12.1 Å². The van der Waals surface area contributed by atoms with Crippen LogP contribution in [0.2, 0.25) is 0 Å². The maximum Gasteiger partial charge on any atom is 0.328 e. The van der Waals surface area contributed by atoms with Crippen LogP contribution < -0.4 is 31.4 Å². The zero-order valence-electron chi connectivity index (χ0n) is 20.0. The van der Waals surface area contributed by atoms with Crippen LogP contribution in [-0.2, 0) is 9.59 Å². The molecule has 4 rings (SSSR count). The number of rotatable bonds is 8. The predicted molar refractivity (Wildman–Crippen MR) is 137 cm³/mol. The van der Waals surface area contributed by atoms with Gasteiger partial charge in [0.25, 0.3) is 5.56 Å². The summed E-state index contributed by atoms with van der Waals surface area (Å²) in [5, 5.41) is 14.8. The first-order valence-electron chi connectivity index (χ1n) is 11.1. The van der Waals surface area contributed by atoms with Gasteiger partial charge in [-0.15, -0.1) is 0 Å². The number of thioether (sulfide) groups is 1. The Morgan fingerprint density at radius 1 is 1.13 bits per heavy atom. The van der Waals surface area contributed by atoms with Gasteiger partial charge < -0.3 is 25.2 Å². The number of hydrogen-bond donors (Lipinski definition) is 5. The highest BCUT2D eigenvalue weighted by atomic mass is 32.2. The third kappa shape index (κ3) is 5.86. The normalized spacial score (nSPS) is 16.7. The van der Waals surface area contributed by atoms with Gasteiger partial charge in [-0.1, -0.05) is 11.8 Å². The molecule has 12 nitrogen and oxygen atoms in total. The molecule has 0 saturated carbocycles. The number of carbonyl (C=O) groups is 2.